The number of nitrogens with zero attached hydrogens (tertiary/aromatic N) is 2. The number of benzene rings is 1. The van der Waals surface area contributed by atoms with Crippen LogP contribution in [0.5, 0.6) is 0 Å². The topological polar surface area (TPSA) is 105 Å². The molecule has 0 radical (unpaired) electrons. The molecule has 3 heterocycles. The van der Waals surface area contributed by atoms with Crippen LogP contribution in [0.3, 0.4) is 0 Å². The van der Waals surface area contributed by atoms with Crippen molar-refractivity contribution in [3.8, 4) is 0 Å². The van der Waals surface area contributed by atoms with Gasteiger partial charge in [-0.2, -0.15) is 0 Å². The lowest BCUT2D eigenvalue weighted by molar-refractivity contribution is -0.124. The van der Waals surface area contributed by atoms with Crippen LogP contribution in [0.4, 0.5) is 17.2 Å². The summed E-state index contributed by atoms with van der Waals surface area (Å²) < 4.78 is 5.48. The first-order valence-electron chi connectivity index (χ1n) is 11.5. The predicted molar refractivity (Wildman–Crippen MR) is 121 cm³/mol. The minimum Gasteiger partial charge on any atom is -0.381 e. The Hall–Kier alpha value is -3.00. The third-order valence-electron chi connectivity index (χ3n) is 7.12. The Kier molecular flexibility index (Phi) is 5.78. The predicted octanol–water partition coefficient (Wildman–Crippen LogP) is 3.48. The van der Waals surface area contributed by atoms with Gasteiger partial charge in [0, 0.05) is 30.8 Å². The maximum atomic E-state index is 13.4. The number of carbonyl (C=O) groups excluding carboxylic acids is 2. The Balaban J connectivity index is 1.35. The summed E-state index contributed by atoms with van der Waals surface area (Å²) in [6, 6.07) is 7.15. The maximum Gasteiger partial charge on any atom is 0.247 e. The zero-order chi connectivity index (χ0) is 22.0. The average Bonchev–Trinajstić information content (AvgIpc) is 3.09. The van der Waals surface area contributed by atoms with E-state index < -0.39 is 5.41 Å². The Morgan fingerprint density at radius 3 is 2.72 bits per heavy atom. The first-order chi connectivity index (χ1) is 15.7. The molecule has 2 fully saturated rings. The molecule has 2 amide bonds. The van der Waals surface area contributed by atoms with Crippen molar-refractivity contribution in [3.63, 3.8) is 0 Å². The monoisotopic (exact) mass is 435 g/mol. The molecule has 168 valence electrons. The second-order valence-corrected chi connectivity index (χ2v) is 9.01. The van der Waals surface area contributed by atoms with E-state index in [1.54, 1.807) is 12.3 Å². The van der Waals surface area contributed by atoms with Crippen molar-refractivity contribution in [2.24, 2.45) is 5.92 Å². The van der Waals surface area contributed by atoms with Crippen LogP contribution in [0.2, 0.25) is 0 Å². The zero-order valence-electron chi connectivity index (χ0n) is 18.1. The number of anilines is 3. The highest BCUT2D eigenvalue weighted by atomic mass is 16.5. The van der Waals surface area contributed by atoms with Crippen molar-refractivity contribution in [1.29, 1.82) is 0 Å². The van der Waals surface area contributed by atoms with E-state index >= 15 is 0 Å². The second kappa shape index (κ2) is 8.86. The van der Waals surface area contributed by atoms with Gasteiger partial charge >= 0.3 is 0 Å². The number of fused-ring (bicyclic) bond motifs is 2. The van der Waals surface area contributed by atoms with Crippen molar-refractivity contribution >= 4 is 29.0 Å². The molecule has 3 N–H and O–H groups in total. The van der Waals surface area contributed by atoms with Gasteiger partial charge in [-0.3, -0.25) is 9.59 Å². The maximum absolute atomic E-state index is 13.4. The van der Waals surface area contributed by atoms with Gasteiger partial charge in [0.2, 0.25) is 11.8 Å². The lowest BCUT2D eigenvalue weighted by Gasteiger charge is -2.31. The molecular weight excluding hydrogens is 406 g/mol. The Morgan fingerprint density at radius 2 is 1.97 bits per heavy atom. The fourth-order valence-electron chi connectivity index (χ4n) is 5.34. The van der Waals surface area contributed by atoms with Crippen LogP contribution in [0.15, 0.2) is 36.8 Å². The number of carbonyl (C=O) groups is 2. The normalized spacial score (nSPS) is 20.9. The van der Waals surface area contributed by atoms with Crippen LogP contribution < -0.4 is 16.0 Å². The van der Waals surface area contributed by atoms with Crippen molar-refractivity contribution in [2.45, 2.75) is 56.4 Å². The molecule has 5 rings (SSSR count). The van der Waals surface area contributed by atoms with Crippen molar-refractivity contribution in [3.05, 3.63) is 42.4 Å². The number of hydrogen-bond donors (Lipinski definition) is 3. The Bertz CT molecular complexity index is 984. The lowest BCUT2D eigenvalue weighted by Crippen LogP contribution is -2.42. The van der Waals surface area contributed by atoms with Crippen LogP contribution in [0.1, 0.15) is 50.5 Å². The summed E-state index contributed by atoms with van der Waals surface area (Å²) >= 11 is 0. The Labute approximate surface area is 187 Å². The fraction of sp³-hybridized carbons (Fsp3) is 0.500. The zero-order valence-corrected chi connectivity index (χ0v) is 18.1. The molecule has 2 aromatic rings. The number of ether oxygens (including phenoxy) is 1. The largest absolute Gasteiger partial charge is 0.381 e. The summed E-state index contributed by atoms with van der Waals surface area (Å²) in [5, 5.41) is 9.43. The lowest BCUT2D eigenvalue weighted by atomic mass is 9.75. The molecule has 1 spiro atoms. The van der Waals surface area contributed by atoms with Crippen LogP contribution in [-0.2, 0) is 19.7 Å². The van der Waals surface area contributed by atoms with E-state index in [0.717, 1.165) is 36.9 Å². The smallest absolute Gasteiger partial charge is 0.247 e. The van der Waals surface area contributed by atoms with Crippen LogP contribution in [-0.4, -0.2) is 41.0 Å². The van der Waals surface area contributed by atoms with Crippen molar-refractivity contribution < 1.29 is 14.3 Å². The number of amides is 2. The van der Waals surface area contributed by atoms with Crippen LogP contribution in [0.25, 0.3) is 0 Å². The average molecular weight is 436 g/mol. The summed E-state index contributed by atoms with van der Waals surface area (Å²) in [6.07, 6.45) is 10.0. The summed E-state index contributed by atoms with van der Waals surface area (Å²) in [5.74, 6) is 0.845. The number of nitrogens with one attached hydrogen (secondary N) is 3. The highest BCUT2D eigenvalue weighted by molar-refractivity contribution is 6.07. The van der Waals surface area contributed by atoms with Gasteiger partial charge in [-0.05, 0) is 55.4 Å². The van der Waals surface area contributed by atoms with E-state index in [0.29, 0.717) is 37.6 Å². The molecule has 3 aliphatic rings. The van der Waals surface area contributed by atoms with Crippen LogP contribution >= 0.6 is 0 Å². The molecule has 1 aromatic carbocycles. The molecule has 0 bridgehead atoms. The van der Waals surface area contributed by atoms with Gasteiger partial charge in [-0.25, -0.2) is 9.97 Å². The van der Waals surface area contributed by atoms with E-state index in [1.807, 2.05) is 18.2 Å². The molecule has 0 unspecified atom stereocenters. The van der Waals surface area contributed by atoms with Gasteiger partial charge in [0.05, 0.1) is 5.41 Å². The van der Waals surface area contributed by atoms with Crippen molar-refractivity contribution in [1.82, 2.24) is 9.97 Å². The molecule has 1 saturated heterocycles. The first-order valence-corrected chi connectivity index (χ1v) is 11.5. The van der Waals surface area contributed by atoms with Crippen LogP contribution in [0, 0.1) is 5.92 Å². The quantitative estimate of drug-likeness (QED) is 0.664. The molecule has 8 heteroatoms. The van der Waals surface area contributed by atoms with Gasteiger partial charge < -0.3 is 20.7 Å². The first kappa shape index (κ1) is 20.9. The summed E-state index contributed by atoms with van der Waals surface area (Å²) in [4.78, 5) is 34.3. The third kappa shape index (κ3) is 3.95. The second-order valence-electron chi connectivity index (χ2n) is 9.01. The van der Waals surface area contributed by atoms with Gasteiger partial charge in [0.15, 0.2) is 0 Å². The van der Waals surface area contributed by atoms with E-state index in [4.69, 9.17) is 4.74 Å². The molecule has 1 aromatic heterocycles. The van der Waals surface area contributed by atoms with Gasteiger partial charge in [-0.15, -0.1) is 0 Å². The standard InChI is InChI=1S/C24H29N5O3/c30-22(21(16-4-2-1-3-5-16)29-20-8-11-25-15-26-20)27-17-6-7-18-19(14-17)28-23(31)24(18)9-12-32-13-10-24/h6-8,11,14-16,21H,1-5,9-10,12-13H2,(H,27,30)(H,28,31)(H,25,26,29)/t21-/m0/s1. The molecular formula is C24H29N5O3. The fourth-order valence-corrected chi connectivity index (χ4v) is 5.34. The summed E-state index contributed by atoms with van der Waals surface area (Å²) in [5.41, 5.74) is 1.97. The Morgan fingerprint density at radius 1 is 1.16 bits per heavy atom. The third-order valence-corrected chi connectivity index (χ3v) is 7.12. The SMILES string of the molecule is O=C(Nc1ccc2c(c1)NC(=O)C21CCOCC1)[C@@H](Nc1ccncn1)C1CCCCC1. The molecule has 1 saturated carbocycles. The molecule has 1 atom stereocenters. The highest BCUT2D eigenvalue weighted by Crippen LogP contribution is 2.45. The number of aromatic nitrogens is 2. The minimum atomic E-state index is -0.505. The van der Waals surface area contributed by atoms with Gasteiger partial charge in [0.25, 0.3) is 0 Å². The molecule has 32 heavy (non-hydrogen) atoms. The highest BCUT2D eigenvalue weighted by Gasteiger charge is 2.47. The molecule has 8 nitrogen and oxygen atoms in total. The molecule has 2 aliphatic heterocycles. The number of hydrogen-bond acceptors (Lipinski definition) is 6. The van der Waals surface area contributed by atoms with E-state index in [1.165, 1.54) is 12.7 Å². The van der Waals surface area contributed by atoms with Gasteiger partial charge in [0.1, 0.15) is 18.2 Å². The number of rotatable bonds is 5. The van der Waals surface area contributed by atoms with Crippen molar-refractivity contribution in [2.75, 3.05) is 29.2 Å². The molecule has 1 aliphatic carbocycles. The van der Waals surface area contributed by atoms with E-state index in [-0.39, 0.29) is 23.8 Å². The summed E-state index contributed by atoms with van der Waals surface area (Å²) in [7, 11) is 0. The summed E-state index contributed by atoms with van der Waals surface area (Å²) in [6.45, 7) is 1.17. The van der Waals surface area contributed by atoms with Gasteiger partial charge in [-0.1, -0.05) is 25.3 Å². The van der Waals surface area contributed by atoms with E-state index in [2.05, 4.69) is 25.9 Å². The van der Waals surface area contributed by atoms with E-state index in [9.17, 15) is 9.59 Å². The minimum absolute atomic E-state index is 0.0322.